The second-order valence-electron chi connectivity index (χ2n) is 6.99. The summed E-state index contributed by atoms with van der Waals surface area (Å²) in [6.45, 7) is 1.62. The van der Waals surface area contributed by atoms with Crippen molar-refractivity contribution in [2.45, 2.75) is 13.5 Å². The van der Waals surface area contributed by atoms with E-state index in [4.69, 9.17) is 0 Å². The normalized spacial score (nSPS) is 11.2. The molecule has 0 aliphatic heterocycles. The molecule has 32 heavy (non-hydrogen) atoms. The molecule has 2 aromatic heterocycles. The minimum atomic E-state index is -0.517. The Kier molecular flexibility index (Phi) is 6.09. The summed E-state index contributed by atoms with van der Waals surface area (Å²) < 4.78 is 16.1. The van der Waals surface area contributed by atoms with Gasteiger partial charge in [0.2, 0.25) is 11.8 Å². The van der Waals surface area contributed by atoms with E-state index >= 15 is 0 Å². The van der Waals surface area contributed by atoms with Gasteiger partial charge in [0.1, 0.15) is 11.6 Å². The number of carbonyl (C=O) groups is 2. The van der Waals surface area contributed by atoms with Crippen LogP contribution in [-0.4, -0.2) is 26.3 Å². The Hall–Kier alpha value is -3.85. The third-order valence-electron chi connectivity index (χ3n) is 4.82. The van der Waals surface area contributed by atoms with Gasteiger partial charge in [0.05, 0.1) is 29.0 Å². The maximum Gasteiger partial charge on any atom is 0.244 e. The standard InChI is InChI=1S/C23H20FN5O2S/c1-15(30)29(19-9-5-3-7-17(19)24)23-26-16(14-32-23)11-12-22(31)25-13-21-27-18-8-4-6-10-20(18)28(21)2/h3-12,14H,13H2,1-2H3,(H,25,31)/b12-11+. The highest BCUT2D eigenvalue weighted by Crippen LogP contribution is 2.30. The summed E-state index contributed by atoms with van der Waals surface area (Å²) in [4.78, 5) is 34.5. The molecule has 1 N–H and O–H groups in total. The van der Waals surface area contributed by atoms with E-state index in [9.17, 15) is 14.0 Å². The number of nitrogens with zero attached hydrogens (tertiary/aromatic N) is 4. The van der Waals surface area contributed by atoms with Crippen molar-refractivity contribution >= 4 is 51.1 Å². The first kappa shape index (κ1) is 21.4. The van der Waals surface area contributed by atoms with Crippen LogP contribution >= 0.6 is 11.3 Å². The molecule has 2 heterocycles. The molecular formula is C23H20FN5O2S. The minimum absolute atomic E-state index is 0.130. The number of rotatable bonds is 6. The molecular weight excluding hydrogens is 429 g/mol. The molecule has 2 amide bonds. The van der Waals surface area contributed by atoms with Gasteiger partial charge in [0, 0.05) is 25.4 Å². The second kappa shape index (κ2) is 9.11. The third-order valence-corrected chi connectivity index (χ3v) is 5.66. The highest BCUT2D eigenvalue weighted by molar-refractivity contribution is 7.14. The van der Waals surface area contributed by atoms with Gasteiger partial charge in [-0.2, -0.15) is 0 Å². The van der Waals surface area contributed by atoms with Crippen molar-refractivity contribution in [3.63, 3.8) is 0 Å². The Bertz CT molecular complexity index is 1330. The van der Waals surface area contributed by atoms with Gasteiger partial charge < -0.3 is 9.88 Å². The number of thiazole rings is 1. The number of nitrogens with one attached hydrogen (secondary N) is 1. The fraction of sp³-hybridized carbons (Fsp3) is 0.130. The first-order valence-electron chi connectivity index (χ1n) is 9.81. The Morgan fingerprint density at radius 2 is 1.91 bits per heavy atom. The predicted octanol–water partition coefficient (Wildman–Crippen LogP) is 4.18. The number of aromatic nitrogens is 3. The van der Waals surface area contributed by atoms with Crippen molar-refractivity contribution in [2.75, 3.05) is 4.90 Å². The van der Waals surface area contributed by atoms with Crippen LogP contribution in [0.15, 0.2) is 60.0 Å². The van der Waals surface area contributed by atoms with Crippen LogP contribution in [0.3, 0.4) is 0 Å². The summed E-state index contributed by atoms with van der Waals surface area (Å²) in [5, 5.41) is 4.82. The molecule has 4 rings (SSSR count). The van der Waals surface area contributed by atoms with Crippen molar-refractivity contribution in [2.24, 2.45) is 7.05 Å². The molecule has 0 atom stereocenters. The van der Waals surface area contributed by atoms with Gasteiger partial charge in [0.15, 0.2) is 5.13 Å². The van der Waals surface area contributed by atoms with E-state index in [0.29, 0.717) is 10.8 Å². The van der Waals surface area contributed by atoms with Crippen LogP contribution in [0.1, 0.15) is 18.4 Å². The number of imidazole rings is 1. The lowest BCUT2D eigenvalue weighted by Gasteiger charge is -2.18. The molecule has 0 aliphatic rings. The highest BCUT2D eigenvalue weighted by Gasteiger charge is 2.20. The van der Waals surface area contributed by atoms with Crippen molar-refractivity contribution in [3.8, 4) is 0 Å². The van der Waals surface area contributed by atoms with Crippen molar-refractivity contribution < 1.29 is 14.0 Å². The summed E-state index contributed by atoms with van der Waals surface area (Å²) in [6, 6.07) is 13.8. The molecule has 0 fully saturated rings. The Morgan fingerprint density at radius 1 is 1.16 bits per heavy atom. The van der Waals surface area contributed by atoms with Gasteiger partial charge >= 0.3 is 0 Å². The lowest BCUT2D eigenvalue weighted by Crippen LogP contribution is -2.23. The fourth-order valence-corrected chi connectivity index (χ4v) is 4.08. The highest BCUT2D eigenvalue weighted by atomic mass is 32.1. The quantitative estimate of drug-likeness (QED) is 0.448. The molecule has 0 saturated carbocycles. The molecule has 0 radical (unpaired) electrons. The van der Waals surface area contributed by atoms with Crippen LogP contribution in [0, 0.1) is 5.82 Å². The number of aryl methyl sites for hydroxylation is 1. The van der Waals surface area contributed by atoms with E-state index in [0.717, 1.165) is 16.9 Å². The van der Waals surface area contributed by atoms with Crippen molar-refractivity contribution in [1.29, 1.82) is 0 Å². The fourth-order valence-electron chi connectivity index (χ4n) is 3.24. The largest absolute Gasteiger partial charge is 0.345 e. The third kappa shape index (κ3) is 4.42. The molecule has 0 spiro atoms. The number of hydrogen-bond donors (Lipinski definition) is 1. The first-order valence-corrected chi connectivity index (χ1v) is 10.7. The monoisotopic (exact) mass is 449 g/mol. The molecule has 7 nitrogen and oxygen atoms in total. The molecule has 2 aromatic carbocycles. The summed E-state index contributed by atoms with van der Waals surface area (Å²) in [5.74, 6) is -0.438. The Morgan fingerprint density at radius 3 is 2.66 bits per heavy atom. The number of hydrogen-bond acceptors (Lipinski definition) is 5. The van der Waals surface area contributed by atoms with Crippen LogP contribution < -0.4 is 10.2 Å². The lowest BCUT2D eigenvalue weighted by atomic mass is 10.3. The van der Waals surface area contributed by atoms with Crippen molar-refractivity contribution in [3.05, 3.63) is 77.3 Å². The van der Waals surface area contributed by atoms with Gasteiger partial charge in [-0.1, -0.05) is 24.3 Å². The number of anilines is 2. The predicted molar refractivity (Wildman–Crippen MR) is 123 cm³/mol. The smallest absolute Gasteiger partial charge is 0.244 e. The maximum atomic E-state index is 14.2. The van der Waals surface area contributed by atoms with Gasteiger partial charge in [-0.15, -0.1) is 11.3 Å². The number of carbonyl (C=O) groups excluding carboxylic acids is 2. The molecule has 0 unspecified atom stereocenters. The van der Waals surface area contributed by atoms with Crippen LogP contribution in [0.4, 0.5) is 15.2 Å². The number of benzene rings is 2. The van der Waals surface area contributed by atoms with Crippen LogP contribution in [-0.2, 0) is 23.2 Å². The van der Waals surface area contributed by atoms with Crippen molar-refractivity contribution in [1.82, 2.24) is 19.9 Å². The summed E-state index contributed by atoms with van der Waals surface area (Å²) >= 11 is 1.19. The van der Waals surface area contributed by atoms with Gasteiger partial charge in [-0.25, -0.2) is 14.4 Å². The van der Waals surface area contributed by atoms with E-state index in [-0.39, 0.29) is 24.0 Å². The number of halogens is 1. The lowest BCUT2D eigenvalue weighted by molar-refractivity contribution is -0.117. The topological polar surface area (TPSA) is 80.1 Å². The average Bonchev–Trinajstić information content (AvgIpc) is 3.37. The molecule has 4 aromatic rings. The van der Waals surface area contributed by atoms with Crippen LogP contribution in [0.5, 0.6) is 0 Å². The molecule has 162 valence electrons. The van der Waals surface area contributed by atoms with Crippen LogP contribution in [0.2, 0.25) is 0 Å². The Balaban J connectivity index is 1.43. The minimum Gasteiger partial charge on any atom is -0.345 e. The van der Waals surface area contributed by atoms with Gasteiger partial charge in [-0.3, -0.25) is 14.5 Å². The van der Waals surface area contributed by atoms with E-state index in [1.807, 2.05) is 35.9 Å². The zero-order valence-electron chi connectivity index (χ0n) is 17.4. The second-order valence-corrected chi connectivity index (χ2v) is 7.82. The molecule has 0 bridgehead atoms. The number of amides is 2. The summed E-state index contributed by atoms with van der Waals surface area (Å²) in [7, 11) is 1.90. The van der Waals surface area contributed by atoms with E-state index < -0.39 is 5.82 Å². The van der Waals surface area contributed by atoms with Gasteiger partial charge in [-0.05, 0) is 30.3 Å². The number of fused-ring (bicyclic) bond motifs is 1. The zero-order chi connectivity index (χ0) is 22.7. The average molecular weight is 450 g/mol. The van der Waals surface area contributed by atoms with E-state index in [1.165, 1.54) is 41.4 Å². The SMILES string of the molecule is CC(=O)N(c1nc(/C=C/C(=O)NCc2nc3ccccc3n2C)cs1)c1ccccc1F. The first-order chi connectivity index (χ1) is 15.4. The van der Waals surface area contributed by atoms with Crippen LogP contribution in [0.25, 0.3) is 17.1 Å². The molecule has 0 aliphatic carbocycles. The Labute approximate surface area is 187 Å². The number of para-hydroxylation sites is 3. The van der Waals surface area contributed by atoms with Gasteiger partial charge in [0.25, 0.3) is 0 Å². The van der Waals surface area contributed by atoms with E-state index in [2.05, 4.69) is 15.3 Å². The molecule has 9 heteroatoms. The summed E-state index contributed by atoms with van der Waals surface area (Å²) in [6.07, 6.45) is 2.91. The van der Waals surface area contributed by atoms with E-state index in [1.54, 1.807) is 23.6 Å². The zero-order valence-corrected chi connectivity index (χ0v) is 18.3. The molecule has 0 saturated heterocycles. The maximum absolute atomic E-state index is 14.2. The summed E-state index contributed by atoms with van der Waals surface area (Å²) in [5.41, 5.74) is 2.48.